The highest BCUT2D eigenvalue weighted by atomic mass is 35.7. The SMILES string of the molecule is O=C(Cc1c2c(cc3c1CCC3)CCC2)NS(=O)(=O)Cl. The number of nitrogens with one attached hydrogen (secondary N) is 1. The third-order valence-electron chi connectivity index (χ3n) is 4.17. The highest BCUT2D eigenvalue weighted by Gasteiger charge is 2.25. The summed E-state index contributed by atoms with van der Waals surface area (Å²) in [5, 5.41) is 0. The third kappa shape index (κ3) is 2.69. The molecule has 2 aliphatic rings. The molecule has 1 N–H and O–H groups in total. The summed E-state index contributed by atoms with van der Waals surface area (Å²) in [7, 11) is 1.07. The maximum atomic E-state index is 11.9. The van der Waals surface area contributed by atoms with Crippen molar-refractivity contribution >= 4 is 25.8 Å². The fourth-order valence-electron chi connectivity index (χ4n) is 3.48. The van der Waals surface area contributed by atoms with Crippen LogP contribution in [-0.2, 0) is 46.1 Å². The van der Waals surface area contributed by atoms with Crippen LogP contribution in [0.5, 0.6) is 0 Å². The van der Waals surface area contributed by atoms with E-state index >= 15 is 0 Å². The summed E-state index contributed by atoms with van der Waals surface area (Å²) >= 11 is 0. The lowest BCUT2D eigenvalue weighted by Gasteiger charge is -2.14. The van der Waals surface area contributed by atoms with E-state index in [1.807, 2.05) is 4.72 Å². The number of hydrogen-bond donors (Lipinski definition) is 1. The van der Waals surface area contributed by atoms with Crippen molar-refractivity contribution in [1.29, 1.82) is 0 Å². The van der Waals surface area contributed by atoms with E-state index in [2.05, 4.69) is 6.07 Å². The summed E-state index contributed by atoms with van der Waals surface area (Å²) in [6.45, 7) is 0. The quantitative estimate of drug-likeness (QED) is 0.866. The fourth-order valence-corrected chi connectivity index (χ4v) is 4.08. The summed E-state index contributed by atoms with van der Waals surface area (Å²) in [6.07, 6.45) is 6.42. The largest absolute Gasteiger partial charge is 0.321 e. The number of carbonyl (C=O) groups is 1. The van der Waals surface area contributed by atoms with Gasteiger partial charge < -0.3 is 0 Å². The molecule has 0 aliphatic heterocycles. The highest BCUT2D eigenvalue weighted by Crippen LogP contribution is 2.35. The Hall–Kier alpha value is -1.07. The standard InChI is InChI=1S/C14H16ClNO3S/c15-20(18,19)16-14(17)8-13-11-5-1-3-9(11)7-10-4-2-6-12(10)13/h7H,1-6,8H2,(H,16,17). The molecule has 3 rings (SSSR count). The van der Waals surface area contributed by atoms with Crippen LogP contribution in [0.3, 0.4) is 0 Å². The lowest BCUT2D eigenvalue weighted by atomic mass is 9.92. The number of amides is 1. The van der Waals surface area contributed by atoms with Gasteiger partial charge in [0.15, 0.2) is 0 Å². The van der Waals surface area contributed by atoms with Crippen LogP contribution in [0.15, 0.2) is 6.07 Å². The van der Waals surface area contributed by atoms with E-state index in [0.717, 1.165) is 44.1 Å². The molecule has 1 amide bonds. The molecule has 0 unspecified atom stereocenters. The Morgan fingerprint density at radius 2 is 1.65 bits per heavy atom. The van der Waals surface area contributed by atoms with Crippen LogP contribution in [0.4, 0.5) is 0 Å². The van der Waals surface area contributed by atoms with E-state index in [4.69, 9.17) is 10.7 Å². The van der Waals surface area contributed by atoms with E-state index in [1.54, 1.807) is 0 Å². The summed E-state index contributed by atoms with van der Waals surface area (Å²) in [5.74, 6) is -0.547. The van der Waals surface area contributed by atoms with Crippen molar-refractivity contribution in [1.82, 2.24) is 4.72 Å². The molecule has 0 saturated heterocycles. The number of fused-ring (bicyclic) bond motifs is 2. The van der Waals surface area contributed by atoms with Gasteiger partial charge in [-0.25, -0.2) is 4.72 Å². The van der Waals surface area contributed by atoms with Crippen molar-refractivity contribution in [2.24, 2.45) is 0 Å². The Morgan fingerprint density at radius 1 is 1.10 bits per heavy atom. The Balaban J connectivity index is 1.95. The van der Waals surface area contributed by atoms with Crippen molar-refractivity contribution in [3.05, 3.63) is 33.9 Å². The van der Waals surface area contributed by atoms with Gasteiger partial charge in [-0.2, -0.15) is 8.42 Å². The van der Waals surface area contributed by atoms with Crippen LogP contribution < -0.4 is 4.72 Å². The monoisotopic (exact) mass is 313 g/mol. The lowest BCUT2D eigenvalue weighted by Crippen LogP contribution is -2.28. The zero-order valence-electron chi connectivity index (χ0n) is 11.0. The van der Waals surface area contributed by atoms with Gasteiger partial charge in [0, 0.05) is 10.7 Å². The molecular weight excluding hydrogens is 298 g/mol. The second-order valence-electron chi connectivity index (χ2n) is 5.48. The smallest absolute Gasteiger partial charge is 0.274 e. The van der Waals surface area contributed by atoms with Gasteiger partial charge in [0.25, 0.3) is 0 Å². The number of aryl methyl sites for hydroxylation is 2. The molecule has 108 valence electrons. The van der Waals surface area contributed by atoms with Crippen LogP contribution in [0.25, 0.3) is 0 Å². The predicted octanol–water partition coefficient (Wildman–Crippen LogP) is 1.81. The van der Waals surface area contributed by atoms with E-state index in [0.29, 0.717) is 0 Å². The van der Waals surface area contributed by atoms with Gasteiger partial charge in [0.2, 0.25) is 5.91 Å². The molecular formula is C14H16ClNO3S. The van der Waals surface area contributed by atoms with Gasteiger partial charge in [-0.1, -0.05) is 6.07 Å². The Morgan fingerprint density at radius 3 is 2.15 bits per heavy atom. The Kier molecular flexibility index (Phi) is 3.50. The Bertz CT molecular complexity index is 650. The second kappa shape index (κ2) is 5.04. The summed E-state index contributed by atoms with van der Waals surface area (Å²) in [4.78, 5) is 11.9. The van der Waals surface area contributed by atoms with Gasteiger partial charge >= 0.3 is 9.24 Å². The molecule has 0 fully saturated rings. The number of carbonyl (C=O) groups excluding carboxylic acids is 1. The van der Waals surface area contributed by atoms with Crippen LogP contribution >= 0.6 is 10.7 Å². The van der Waals surface area contributed by atoms with Gasteiger partial charge in [-0.05, 0) is 66.3 Å². The van der Waals surface area contributed by atoms with Crippen LogP contribution in [0.1, 0.15) is 40.7 Å². The summed E-state index contributed by atoms with van der Waals surface area (Å²) in [5.41, 5.74) is 6.23. The maximum absolute atomic E-state index is 11.9. The van der Waals surface area contributed by atoms with E-state index in [-0.39, 0.29) is 6.42 Å². The number of hydrogen-bond acceptors (Lipinski definition) is 3. The fraction of sp³-hybridized carbons (Fsp3) is 0.500. The van der Waals surface area contributed by atoms with Gasteiger partial charge in [-0.3, -0.25) is 4.79 Å². The normalized spacial score (nSPS) is 16.9. The molecule has 1 aromatic carbocycles. The topological polar surface area (TPSA) is 63.2 Å². The molecule has 0 heterocycles. The van der Waals surface area contributed by atoms with E-state index in [1.165, 1.54) is 22.3 Å². The first-order valence-electron chi connectivity index (χ1n) is 6.84. The number of halogens is 1. The minimum absolute atomic E-state index is 0.109. The van der Waals surface area contributed by atoms with Gasteiger partial charge in [0.05, 0.1) is 6.42 Å². The minimum Gasteiger partial charge on any atom is -0.274 e. The number of benzene rings is 1. The molecule has 0 aromatic heterocycles. The molecule has 6 heteroatoms. The molecule has 20 heavy (non-hydrogen) atoms. The van der Waals surface area contributed by atoms with Crippen molar-refractivity contribution in [3.8, 4) is 0 Å². The predicted molar refractivity (Wildman–Crippen MR) is 77.1 cm³/mol. The molecule has 0 saturated carbocycles. The second-order valence-corrected chi connectivity index (χ2v) is 7.78. The third-order valence-corrected chi connectivity index (χ3v) is 4.87. The van der Waals surface area contributed by atoms with E-state index in [9.17, 15) is 13.2 Å². The van der Waals surface area contributed by atoms with Crippen molar-refractivity contribution in [2.45, 2.75) is 44.9 Å². The zero-order chi connectivity index (χ0) is 14.3. The van der Waals surface area contributed by atoms with Crippen LogP contribution in [0, 0.1) is 0 Å². The van der Waals surface area contributed by atoms with Crippen molar-refractivity contribution in [2.75, 3.05) is 0 Å². The average molecular weight is 314 g/mol. The Labute approximate surface area is 123 Å². The minimum atomic E-state index is -4.00. The molecule has 0 radical (unpaired) electrons. The molecule has 0 bridgehead atoms. The molecule has 0 atom stereocenters. The van der Waals surface area contributed by atoms with Crippen molar-refractivity contribution in [3.63, 3.8) is 0 Å². The molecule has 1 aromatic rings. The average Bonchev–Trinajstić information content (AvgIpc) is 2.93. The van der Waals surface area contributed by atoms with Crippen LogP contribution in [-0.4, -0.2) is 14.3 Å². The molecule has 2 aliphatic carbocycles. The first kappa shape index (κ1) is 13.9. The highest BCUT2D eigenvalue weighted by molar-refractivity contribution is 8.12. The number of rotatable bonds is 3. The maximum Gasteiger partial charge on any atom is 0.321 e. The molecule has 4 nitrogen and oxygen atoms in total. The first-order valence-corrected chi connectivity index (χ1v) is 9.15. The zero-order valence-corrected chi connectivity index (χ0v) is 12.6. The van der Waals surface area contributed by atoms with Crippen LogP contribution in [0.2, 0.25) is 0 Å². The van der Waals surface area contributed by atoms with Crippen molar-refractivity contribution < 1.29 is 13.2 Å². The lowest BCUT2D eigenvalue weighted by molar-refractivity contribution is -0.118. The summed E-state index contributed by atoms with van der Waals surface area (Å²) < 4.78 is 23.7. The van der Waals surface area contributed by atoms with Gasteiger partial charge in [0.1, 0.15) is 0 Å². The molecule has 0 spiro atoms. The first-order chi connectivity index (χ1) is 9.44. The van der Waals surface area contributed by atoms with E-state index < -0.39 is 15.1 Å². The summed E-state index contributed by atoms with van der Waals surface area (Å²) in [6, 6.07) is 2.28. The van der Waals surface area contributed by atoms with Gasteiger partial charge in [-0.15, -0.1) is 0 Å².